The second-order valence-electron chi connectivity index (χ2n) is 19.9. The maximum absolute atomic E-state index is 6.74. The van der Waals surface area contributed by atoms with E-state index >= 15 is 0 Å². The van der Waals surface area contributed by atoms with Gasteiger partial charge in [-0.05, 0) is 25.7 Å². The molecule has 0 aliphatic rings. The van der Waals surface area contributed by atoms with Gasteiger partial charge in [-0.2, -0.15) is 0 Å². The highest BCUT2D eigenvalue weighted by Crippen LogP contribution is 2.23. The molecule has 0 aliphatic carbocycles. The molecule has 0 atom stereocenters. The maximum atomic E-state index is 6.74. The molecule has 0 radical (unpaired) electrons. The van der Waals surface area contributed by atoms with Gasteiger partial charge in [0.25, 0.3) is 0 Å². The molecule has 0 bridgehead atoms. The fourth-order valence-corrected chi connectivity index (χ4v) is 12.3. The molecule has 3 nitrogen and oxygen atoms in total. The van der Waals surface area contributed by atoms with Crippen LogP contribution >= 0.6 is 11.6 Å². The first kappa shape index (κ1) is 62.4. The Morgan fingerprint density at radius 1 is 0.226 bits per heavy atom. The lowest BCUT2D eigenvalue weighted by Crippen LogP contribution is -2.46. The highest BCUT2D eigenvalue weighted by molar-refractivity contribution is 6.60. The summed E-state index contributed by atoms with van der Waals surface area (Å²) in [5.41, 5.74) is 0. The van der Waals surface area contributed by atoms with Crippen LogP contribution in [0.25, 0.3) is 0 Å². The zero-order chi connectivity index (χ0) is 44.8. The van der Waals surface area contributed by atoms with Gasteiger partial charge in [-0.1, -0.05) is 310 Å². The Morgan fingerprint density at radius 2 is 0.387 bits per heavy atom. The van der Waals surface area contributed by atoms with Crippen molar-refractivity contribution in [1.29, 1.82) is 0 Å². The molecule has 0 aromatic carbocycles. The zero-order valence-electron chi connectivity index (χ0n) is 43.3. The molecule has 0 spiro atoms. The molecule has 0 aromatic heterocycles. The Balaban J connectivity index is 4.39. The summed E-state index contributed by atoms with van der Waals surface area (Å²) >= 11 is 6.29. The topological polar surface area (TPSA) is 27.7 Å². The van der Waals surface area contributed by atoms with Gasteiger partial charge in [-0.3, -0.25) is 0 Å². The predicted octanol–water partition coefficient (Wildman–Crippen LogP) is 21.4. The second-order valence-corrected chi connectivity index (χ2v) is 23.0. The standard InChI is InChI=1S/C57H117ClO3Si/c1-4-7-10-13-16-19-22-25-28-31-34-37-40-43-46-49-54-59-62(57-52-53-58,60-55-50-47-44-41-38-35-32-29-26-23-20-17-14-11-8-5-2)61-56-51-48-45-42-39-36-33-30-27-24-21-18-15-12-9-6-3/h4-57H2,1-3H3. The molecular weight excluding hydrogens is 796 g/mol. The summed E-state index contributed by atoms with van der Waals surface area (Å²) in [5, 5.41) is 0. The Morgan fingerprint density at radius 3 is 0.548 bits per heavy atom. The number of hydrogen-bond donors (Lipinski definition) is 0. The SMILES string of the molecule is CCCCCCCCCCCCCCCCCCO[Si](CCCCl)(OCCCCCCCCCCCCCCCCCC)OCCCCCCCCCCCCCCCCCC. The van der Waals surface area contributed by atoms with Crippen molar-refractivity contribution in [2.24, 2.45) is 0 Å². The van der Waals surface area contributed by atoms with Crippen LogP contribution in [0.4, 0.5) is 0 Å². The van der Waals surface area contributed by atoms with Crippen molar-refractivity contribution in [3.63, 3.8) is 0 Å². The van der Waals surface area contributed by atoms with E-state index < -0.39 is 8.80 Å². The third-order valence-corrected chi connectivity index (χ3v) is 16.7. The van der Waals surface area contributed by atoms with Crippen molar-refractivity contribution in [3.8, 4) is 0 Å². The minimum absolute atomic E-state index is 0.655. The van der Waals surface area contributed by atoms with Crippen LogP contribution in [-0.2, 0) is 13.3 Å². The van der Waals surface area contributed by atoms with Crippen LogP contribution < -0.4 is 0 Å². The van der Waals surface area contributed by atoms with Crippen LogP contribution in [0, 0.1) is 0 Å². The van der Waals surface area contributed by atoms with Crippen LogP contribution in [0.15, 0.2) is 0 Å². The Hall–Kier alpha value is 0.387. The van der Waals surface area contributed by atoms with E-state index in [-0.39, 0.29) is 0 Å². The Kier molecular flexibility index (Phi) is 56.1. The van der Waals surface area contributed by atoms with Crippen molar-refractivity contribution >= 4 is 20.4 Å². The van der Waals surface area contributed by atoms with Crippen molar-refractivity contribution < 1.29 is 13.3 Å². The summed E-state index contributed by atoms with van der Waals surface area (Å²) in [4.78, 5) is 0. The third-order valence-electron chi connectivity index (χ3n) is 13.6. The van der Waals surface area contributed by atoms with Gasteiger partial charge in [0.15, 0.2) is 0 Å². The number of unbranched alkanes of at least 4 members (excludes halogenated alkanes) is 45. The van der Waals surface area contributed by atoms with Gasteiger partial charge in [-0.25, -0.2) is 0 Å². The third kappa shape index (κ3) is 49.8. The summed E-state index contributed by atoms with van der Waals surface area (Å²) < 4.78 is 20.2. The van der Waals surface area contributed by atoms with Gasteiger partial charge in [0.1, 0.15) is 0 Å². The Bertz CT molecular complexity index is 690. The van der Waals surface area contributed by atoms with E-state index in [4.69, 9.17) is 24.9 Å². The molecular formula is C57H117ClO3Si. The van der Waals surface area contributed by atoms with E-state index in [1.54, 1.807) is 0 Å². The summed E-state index contributed by atoms with van der Waals surface area (Å²) in [6, 6.07) is 0.868. The first-order valence-corrected chi connectivity index (χ1v) is 31.7. The molecule has 0 unspecified atom stereocenters. The van der Waals surface area contributed by atoms with E-state index in [0.29, 0.717) is 5.88 Å². The van der Waals surface area contributed by atoms with Gasteiger partial charge >= 0.3 is 8.80 Å². The number of rotatable bonds is 57. The molecule has 62 heavy (non-hydrogen) atoms. The average molecular weight is 914 g/mol. The second kappa shape index (κ2) is 55.7. The molecule has 0 fully saturated rings. The molecule has 0 amide bonds. The smallest absolute Gasteiger partial charge is 0.373 e. The van der Waals surface area contributed by atoms with E-state index in [1.807, 2.05) is 0 Å². The minimum atomic E-state index is -2.73. The van der Waals surface area contributed by atoms with Gasteiger partial charge in [-0.15, -0.1) is 11.6 Å². The monoisotopic (exact) mass is 913 g/mol. The summed E-state index contributed by atoms with van der Waals surface area (Å²) in [6.07, 6.45) is 67.7. The van der Waals surface area contributed by atoms with Crippen molar-refractivity contribution in [2.75, 3.05) is 25.7 Å². The number of hydrogen-bond acceptors (Lipinski definition) is 3. The molecule has 0 aliphatic heterocycles. The minimum Gasteiger partial charge on any atom is -0.373 e. The lowest BCUT2D eigenvalue weighted by atomic mass is 10.0. The summed E-state index contributed by atoms with van der Waals surface area (Å²) in [5.74, 6) is 0.655. The predicted molar refractivity (Wildman–Crippen MR) is 282 cm³/mol. The van der Waals surface area contributed by atoms with Crippen molar-refractivity contribution in [2.45, 2.75) is 341 Å². The highest BCUT2D eigenvalue weighted by Gasteiger charge is 2.40. The van der Waals surface area contributed by atoms with Crippen LogP contribution in [0.2, 0.25) is 6.04 Å². The van der Waals surface area contributed by atoms with E-state index in [1.165, 1.54) is 289 Å². The summed E-state index contributed by atoms with van der Waals surface area (Å²) in [7, 11) is -2.73. The maximum Gasteiger partial charge on any atom is 0.500 e. The van der Waals surface area contributed by atoms with Gasteiger partial charge in [0, 0.05) is 31.7 Å². The normalized spacial score (nSPS) is 12.0. The van der Waals surface area contributed by atoms with Crippen LogP contribution in [0.5, 0.6) is 0 Å². The van der Waals surface area contributed by atoms with E-state index in [9.17, 15) is 0 Å². The fourth-order valence-electron chi connectivity index (χ4n) is 9.26. The number of halogens is 1. The van der Waals surface area contributed by atoms with Crippen LogP contribution in [-0.4, -0.2) is 34.5 Å². The van der Waals surface area contributed by atoms with Crippen LogP contribution in [0.1, 0.15) is 335 Å². The van der Waals surface area contributed by atoms with Crippen molar-refractivity contribution in [3.05, 3.63) is 0 Å². The molecule has 374 valence electrons. The molecule has 0 saturated carbocycles. The van der Waals surface area contributed by atoms with Gasteiger partial charge < -0.3 is 13.3 Å². The first-order valence-electron chi connectivity index (χ1n) is 29.2. The first-order chi connectivity index (χ1) is 30.7. The Labute approximate surface area is 399 Å². The molecule has 0 heterocycles. The quantitative estimate of drug-likeness (QED) is 0.0346. The highest BCUT2D eigenvalue weighted by atomic mass is 35.5. The van der Waals surface area contributed by atoms with Gasteiger partial charge in [0.2, 0.25) is 0 Å². The largest absolute Gasteiger partial charge is 0.500 e. The van der Waals surface area contributed by atoms with E-state index in [2.05, 4.69) is 20.8 Å². The average Bonchev–Trinajstić information content (AvgIpc) is 3.28. The number of alkyl halides is 1. The van der Waals surface area contributed by atoms with Crippen LogP contribution in [0.3, 0.4) is 0 Å². The molecule has 5 heteroatoms. The lowest BCUT2D eigenvalue weighted by Gasteiger charge is -2.30. The fraction of sp³-hybridized carbons (Fsp3) is 1.00. The summed E-state index contributed by atoms with van der Waals surface area (Å²) in [6.45, 7) is 9.27. The van der Waals surface area contributed by atoms with Gasteiger partial charge in [0.05, 0.1) is 0 Å². The molecule has 0 aromatic rings. The zero-order valence-corrected chi connectivity index (χ0v) is 45.0. The molecule has 0 saturated heterocycles. The molecule has 0 rings (SSSR count). The molecule has 0 N–H and O–H groups in total. The van der Waals surface area contributed by atoms with E-state index in [0.717, 1.165) is 51.5 Å². The lowest BCUT2D eigenvalue weighted by molar-refractivity contribution is 0.0551. The van der Waals surface area contributed by atoms with Crippen molar-refractivity contribution in [1.82, 2.24) is 0 Å².